The number of likely N-dealkylation sites (N-methyl/N-ethyl adjacent to an activating group) is 1. The molecule has 4 unspecified atom stereocenters. The predicted octanol–water partition coefficient (Wildman–Crippen LogP) is 1.55. The van der Waals surface area contributed by atoms with Gasteiger partial charge in [-0.15, -0.1) is 0 Å². The largest absolute Gasteiger partial charge is 0.392 e. The molecular formula is C20H26N2O2. The first kappa shape index (κ1) is 14.1. The van der Waals surface area contributed by atoms with Crippen molar-refractivity contribution < 1.29 is 10.2 Å². The van der Waals surface area contributed by atoms with E-state index in [2.05, 4.69) is 48.0 Å². The monoisotopic (exact) mass is 326 g/mol. The van der Waals surface area contributed by atoms with Gasteiger partial charge in [-0.05, 0) is 36.8 Å². The van der Waals surface area contributed by atoms with Crippen molar-refractivity contribution in [2.24, 2.45) is 17.8 Å². The molecule has 2 N–H and O–H groups in total. The number of anilines is 1. The van der Waals surface area contributed by atoms with Crippen LogP contribution in [0.5, 0.6) is 0 Å². The molecule has 10 atom stereocenters. The van der Waals surface area contributed by atoms with Crippen LogP contribution in [-0.4, -0.2) is 52.6 Å². The van der Waals surface area contributed by atoms with Crippen molar-refractivity contribution in [3.05, 3.63) is 29.8 Å². The summed E-state index contributed by atoms with van der Waals surface area (Å²) in [7, 11) is 2.19. The van der Waals surface area contributed by atoms with Crippen molar-refractivity contribution in [1.82, 2.24) is 4.90 Å². The van der Waals surface area contributed by atoms with E-state index in [-0.39, 0.29) is 17.7 Å². The Bertz CT molecular complexity index is 723. The predicted molar refractivity (Wildman–Crippen MR) is 91.7 cm³/mol. The lowest BCUT2D eigenvalue weighted by atomic mass is 9.62. The van der Waals surface area contributed by atoms with Gasteiger partial charge in [-0.1, -0.05) is 25.1 Å². The molecule has 1 aliphatic carbocycles. The van der Waals surface area contributed by atoms with Crippen molar-refractivity contribution >= 4 is 5.69 Å². The number of hydrogen-bond acceptors (Lipinski definition) is 4. The summed E-state index contributed by atoms with van der Waals surface area (Å²) < 4.78 is 0. The van der Waals surface area contributed by atoms with E-state index < -0.39 is 0 Å². The number of rotatable bonds is 1. The van der Waals surface area contributed by atoms with Crippen LogP contribution in [0.4, 0.5) is 5.69 Å². The molecule has 24 heavy (non-hydrogen) atoms. The SMILES string of the molecule is CCC1C2C[C@@H]3[C@H]4N(C)c5ccccc5[C@@]45CC([C@H]2[C@@H]5O)N3[C@H]1O. The average Bonchev–Trinajstić information content (AvgIpc) is 2.97. The van der Waals surface area contributed by atoms with Crippen LogP contribution in [0.2, 0.25) is 0 Å². The molecule has 0 amide bonds. The fraction of sp³-hybridized carbons (Fsp3) is 0.700. The second-order valence-electron chi connectivity index (χ2n) is 8.81. The Labute approximate surface area is 143 Å². The standard InChI is InChI=1S/C20H26N2O2/c1-3-10-11-8-14-17-20(12-6-4-5-7-13(12)21(17)2)9-15(16(11)18(20)23)22(14)19(10)24/h4-7,10-11,14-19,23-24H,3,8-9H2,1-2H3/t10?,11?,14-,15?,16+,17-,18+,19+,20+/m1/s1. The van der Waals surface area contributed by atoms with Crippen molar-refractivity contribution in [1.29, 1.82) is 0 Å². The molecule has 5 aliphatic heterocycles. The Balaban J connectivity index is 1.60. The van der Waals surface area contributed by atoms with Crippen LogP contribution in [0.25, 0.3) is 0 Å². The van der Waals surface area contributed by atoms with E-state index in [0.29, 0.717) is 35.9 Å². The number of aliphatic hydroxyl groups is 2. The molecule has 0 radical (unpaired) electrons. The lowest BCUT2D eigenvalue weighted by Gasteiger charge is -2.62. The Morgan fingerprint density at radius 2 is 2.00 bits per heavy atom. The highest BCUT2D eigenvalue weighted by molar-refractivity contribution is 5.67. The highest BCUT2D eigenvalue weighted by Gasteiger charge is 2.76. The fourth-order valence-electron chi connectivity index (χ4n) is 7.88. The van der Waals surface area contributed by atoms with Crippen LogP contribution in [-0.2, 0) is 5.41 Å². The number of aliphatic hydroxyl groups excluding tert-OH is 2. The van der Waals surface area contributed by atoms with Gasteiger partial charge >= 0.3 is 0 Å². The third kappa shape index (κ3) is 1.20. The van der Waals surface area contributed by atoms with Gasteiger partial charge in [0.2, 0.25) is 0 Å². The summed E-state index contributed by atoms with van der Waals surface area (Å²) >= 11 is 0. The molecule has 5 bridgehead atoms. The minimum absolute atomic E-state index is 0.126. The van der Waals surface area contributed by atoms with Gasteiger partial charge in [0.25, 0.3) is 0 Å². The molecule has 1 aromatic carbocycles. The third-order valence-corrected chi connectivity index (χ3v) is 8.46. The van der Waals surface area contributed by atoms with Crippen LogP contribution in [0, 0.1) is 17.8 Å². The summed E-state index contributed by atoms with van der Waals surface area (Å²) in [5, 5.41) is 22.6. The molecule has 128 valence electrons. The first-order chi connectivity index (χ1) is 11.6. The van der Waals surface area contributed by atoms with E-state index in [4.69, 9.17) is 0 Å². The van der Waals surface area contributed by atoms with Crippen molar-refractivity contribution in [3.63, 3.8) is 0 Å². The Kier molecular flexibility index (Phi) is 2.45. The van der Waals surface area contributed by atoms with E-state index in [1.807, 2.05) is 0 Å². The Morgan fingerprint density at radius 3 is 2.79 bits per heavy atom. The van der Waals surface area contributed by atoms with Crippen LogP contribution in [0.3, 0.4) is 0 Å². The highest BCUT2D eigenvalue weighted by atomic mass is 16.3. The lowest BCUT2D eigenvalue weighted by Crippen LogP contribution is -2.72. The average molecular weight is 326 g/mol. The van der Waals surface area contributed by atoms with Gasteiger partial charge in [0.1, 0.15) is 6.23 Å². The van der Waals surface area contributed by atoms with E-state index >= 15 is 0 Å². The number of piperidine rings is 4. The zero-order valence-electron chi connectivity index (χ0n) is 14.3. The van der Waals surface area contributed by atoms with E-state index in [1.165, 1.54) is 11.3 Å². The van der Waals surface area contributed by atoms with Gasteiger partial charge in [0.05, 0.1) is 12.1 Å². The van der Waals surface area contributed by atoms with Gasteiger partial charge in [-0.25, -0.2) is 0 Å². The first-order valence-electron chi connectivity index (χ1n) is 9.57. The molecule has 1 saturated carbocycles. The number of fused-ring (bicyclic) bond motifs is 2. The summed E-state index contributed by atoms with van der Waals surface area (Å²) in [6.45, 7) is 2.19. The van der Waals surface area contributed by atoms with Gasteiger partial charge in [-0.2, -0.15) is 0 Å². The molecule has 0 aromatic heterocycles. The Morgan fingerprint density at radius 1 is 1.21 bits per heavy atom. The molecule has 1 spiro atoms. The van der Waals surface area contributed by atoms with Crippen LogP contribution < -0.4 is 4.90 Å². The fourth-order valence-corrected chi connectivity index (χ4v) is 7.88. The minimum Gasteiger partial charge on any atom is -0.392 e. The van der Waals surface area contributed by atoms with Gasteiger partial charge < -0.3 is 15.1 Å². The molecule has 1 aromatic rings. The maximum absolute atomic E-state index is 11.6. The topological polar surface area (TPSA) is 46.9 Å². The van der Waals surface area contributed by atoms with Crippen LogP contribution >= 0.6 is 0 Å². The second-order valence-corrected chi connectivity index (χ2v) is 8.81. The maximum atomic E-state index is 11.6. The number of nitrogens with zero attached hydrogens (tertiary/aromatic N) is 2. The molecule has 4 heteroatoms. The summed E-state index contributed by atoms with van der Waals surface area (Å²) in [6.07, 6.45) is 2.56. The maximum Gasteiger partial charge on any atom is 0.111 e. The third-order valence-electron chi connectivity index (χ3n) is 8.46. The van der Waals surface area contributed by atoms with Crippen LogP contribution in [0.1, 0.15) is 31.7 Å². The van der Waals surface area contributed by atoms with E-state index in [1.54, 1.807) is 0 Å². The quantitative estimate of drug-likeness (QED) is 0.822. The summed E-state index contributed by atoms with van der Waals surface area (Å²) in [5.74, 6) is 1.14. The number of benzene rings is 1. The Hall–Kier alpha value is -1.10. The zero-order chi connectivity index (χ0) is 16.4. The van der Waals surface area contributed by atoms with Gasteiger partial charge in [0.15, 0.2) is 0 Å². The zero-order valence-corrected chi connectivity index (χ0v) is 14.3. The minimum atomic E-state index is -0.319. The summed E-state index contributed by atoms with van der Waals surface area (Å²) in [5.41, 5.74) is 2.51. The van der Waals surface area contributed by atoms with Crippen molar-refractivity contribution in [2.75, 3.05) is 11.9 Å². The molecular weight excluding hydrogens is 300 g/mol. The molecule has 5 fully saturated rings. The lowest BCUT2D eigenvalue weighted by molar-refractivity contribution is -0.211. The second kappa shape index (κ2) is 4.17. The molecule has 7 rings (SSSR count). The first-order valence-corrected chi connectivity index (χ1v) is 9.57. The van der Waals surface area contributed by atoms with E-state index in [0.717, 1.165) is 19.3 Å². The molecule has 5 heterocycles. The van der Waals surface area contributed by atoms with Crippen molar-refractivity contribution in [3.8, 4) is 0 Å². The molecule has 4 nitrogen and oxygen atoms in total. The summed E-state index contributed by atoms with van der Waals surface area (Å²) in [6, 6.07) is 9.70. The van der Waals surface area contributed by atoms with Crippen molar-refractivity contribution in [2.45, 2.75) is 62.1 Å². The normalized spacial score (nSPS) is 55.8. The highest BCUT2D eigenvalue weighted by Crippen LogP contribution is 2.68. The van der Waals surface area contributed by atoms with E-state index in [9.17, 15) is 10.2 Å². The van der Waals surface area contributed by atoms with Gasteiger partial charge in [-0.3, -0.25) is 4.90 Å². The smallest absolute Gasteiger partial charge is 0.111 e. The number of para-hydroxylation sites is 1. The summed E-state index contributed by atoms with van der Waals surface area (Å²) in [4.78, 5) is 4.83. The molecule has 6 aliphatic rings. The number of hydrogen-bond donors (Lipinski definition) is 2. The molecule has 4 saturated heterocycles. The van der Waals surface area contributed by atoms with Gasteiger partial charge in [0, 0.05) is 42.1 Å². The van der Waals surface area contributed by atoms with Crippen LogP contribution in [0.15, 0.2) is 24.3 Å².